The van der Waals surface area contributed by atoms with Crippen molar-refractivity contribution in [3.8, 4) is 5.75 Å². The number of methoxy groups -OCH3 is 1. The lowest BCUT2D eigenvalue weighted by Crippen LogP contribution is -2.60. The quantitative estimate of drug-likeness (QED) is 0.906. The van der Waals surface area contributed by atoms with Crippen LogP contribution in [0.3, 0.4) is 0 Å². The van der Waals surface area contributed by atoms with Gasteiger partial charge in [0.05, 0.1) is 32.4 Å². The Balaban J connectivity index is 1.39. The van der Waals surface area contributed by atoms with Crippen molar-refractivity contribution in [1.29, 1.82) is 0 Å². The third-order valence-electron chi connectivity index (χ3n) is 5.33. The Morgan fingerprint density at radius 2 is 1.85 bits per heavy atom. The zero-order valence-corrected chi connectivity index (χ0v) is 15.5. The molecule has 4 rings (SSSR count). The standard InChI is InChI=1S/C21H25N3O3/c1-26-19-9-7-17(8-10-19)22-21(25)23-11-12-24-18(13-23)14-27-15-20(24)16-5-3-2-4-6-16/h2-10,18,20H,11-15H2,1H3,(H,22,25)/t18-,20-/m1/s1. The molecule has 1 N–H and O–H groups in total. The average molecular weight is 367 g/mol. The highest BCUT2D eigenvalue weighted by Gasteiger charge is 2.37. The van der Waals surface area contributed by atoms with Gasteiger partial charge in [-0.3, -0.25) is 4.90 Å². The van der Waals surface area contributed by atoms with Crippen molar-refractivity contribution in [2.75, 3.05) is 45.3 Å². The molecule has 2 aliphatic heterocycles. The number of benzene rings is 2. The van der Waals surface area contributed by atoms with Crippen LogP contribution in [0.2, 0.25) is 0 Å². The van der Waals surface area contributed by atoms with E-state index in [0.717, 1.165) is 18.0 Å². The summed E-state index contributed by atoms with van der Waals surface area (Å²) in [5.41, 5.74) is 2.05. The third-order valence-corrected chi connectivity index (χ3v) is 5.33. The molecule has 0 spiro atoms. The Labute approximate surface area is 159 Å². The largest absolute Gasteiger partial charge is 0.497 e. The summed E-state index contributed by atoms with van der Waals surface area (Å²) in [5, 5.41) is 2.97. The van der Waals surface area contributed by atoms with Gasteiger partial charge in [0.25, 0.3) is 0 Å². The van der Waals surface area contributed by atoms with Crippen LogP contribution in [-0.2, 0) is 4.74 Å². The third kappa shape index (κ3) is 3.91. The van der Waals surface area contributed by atoms with E-state index in [1.807, 2.05) is 35.2 Å². The summed E-state index contributed by atoms with van der Waals surface area (Å²) in [6.07, 6.45) is 0. The van der Waals surface area contributed by atoms with Crippen LogP contribution in [0.25, 0.3) is 0 Å². The number of hydrogen-bond donors (Lipinski definition) is 1. The highest BCUT2D eigenvalue weighted by molar-refractivity contribution is 5.89. The molecule has 2 fully saturated rings. The molecule has 2 aromatic rings. The molecule has 2 heterocycles. The highest BCUT2D eigenvalue weighted by Crippen LogP contribution is 2.29. The smallest absolute Gasteiger partial charge is 0.321 e. The number of morpholine rings is 1. The van der Waals surface area contributed by atoms with Crippen molar-refractivity contribution in [3.05, 3.63) is 60.2 Å². The maximum absolute atomic E-state index is 12.7. The number of carbonyl (C=O) groups is 1. The molecule has 0 unspecified atom stereocenters. The van der Waals surface area contributed by atoms with E-state index in [9.17, 15) is 4.79 Å². The first kappa shape index (κ1) is 17.8. The van der Waals surface area contributed by atoms with E-state index < -0.39 is 0 Å². The number of anilines is 1. The number of nitrogens with zero attached hydrogens (tertiary/aromatic N) is 2. The molecule has 2 amide bonds. The van der Waals surface area contributed by atoms with Crippen LogP contribution in [0.4, 0.5) is 10.5 Å². The van der Waals surface area contributed by atoms with E-state index in [1.165, 1.54) is 5.56 Å². The summed E-state index contributed by atoms with van der Waals surface area (Å²) in [6.45, 7) is 3.60. The lowest BCUT2D eigenvalue weighted by molar-refractivity contribution is -0.0748. The highest BCUT2D eigenvalue weighted by atomic mass is 16.5. The number of ether oxygens (including phenoxy) is 2. The van der Waals surface area contributed by atoms with Gasteiger partial charge >= 0.3 is 6.03 Å². The molecule has 142 valence electrons. The maximum Gasteiger partial charge on any atom is 0.321 e. The molecule has 2 atom stereocenters. The van der Waals surface area contributed by atoms with Gasteiger partial charge in [-0.05, 0) is 29.8 Å². The fraction of sp³-hybridized carbons (Fsp3) is 0.381. The molecule has 0 saturated carbocycles. The van der Waals surface area contributed by atoms with Crippen molar-refractivity contribution < 1.29 is 14.3 Å². The van der Waals surface area contributed by atoms with Gasteiger partial charge in [0.2, 0.25) is 0 Å². The predicted molar refractivity (Wildman–Crippen MR) is 104 cm³/mol. The molecule has 27 heavy (non-hydrogen) atoms. The molecule has 2 aromatic carbocycles. The van der Waals surface area contributed by atoms with E-state index >= 15 is 0 Å². The zero-order valence-electron chi connectivity index (χ0n) is 15.5. The zero-order chi connectivity index (χ0) is 18.6. The van der Waals surface area contributed by atoms with Crippen molar-refractivity contribution in [3.63, 3.8) is 0 Å². The van der Waals surface area contributed by atoms with Gasteiger partial charge in [-0.25, -0.2) is 4.79 Å². The summed E-state index contributed by atoms with van der Waals surface area (Å²) in [4.78, 5) is 17.0. The fourth-order valence-corrected chi connectivity index (χ4v) is 3.86. The average Bonchev–Trinajstić information content (AvgIpc) is 2.74. The topological polar surface area (TPSA) is 54.0 Å². The van der Waals surface area contributed by atoms with Crippen LogP contribution in [0.1, 0.15) is 11.6 Å². The number of fused-ring (bicyclic) bond motifs is 1. The SMILES string of the molecule is COc1ccc(NC(=O)N2CCN3[C@@H](COC[C@@H]3c3ccccc3)C2)cc1. The van der Waals surface area contributed by atoms with Gasteiger partial charge in [-0.1, -0.05) is 30.3 Å². The monoisotopic (exact) mass is 367 g/mol. The summed E-state index contributed by atoms with van der Waals surface area (Å²) in [6, 6.07) is 18.3. The molecular weight excluding hydrogens is 342 g/mol. The van der Waals surface area contributed by atoms with E-state index in [1.54, 1.807) is 7.11 Å². The number of amides is 2. The summed E-state index contributed by atoms with van der Waals surface area (Å²) >= 11 is 0. The Hall–Kier alpha value is -2.57. The number of nitrogens with one attached hydrogen (secondary N) is 1. The van der Waals surface area contributed by atoms with Crippen LogP contribution in [0.5, 0.6) is 5.75 Å². The van der Waals surface area contributed by atoms with Crippen molar-refractivity contribution in [2.24, 2.45) is 0 Å². The normalized spacial score (nSPS) is 22.8. The van der Waals surface area contributed by atoms with E-state index in [2.05, 4.69) is 34.5 Å². The summed E-state index contributed by atoms with van der Waals surface area (Å²) in [5.74, 6) is 0.771. The van der Waals surface area contributed by atoms with Crippen LogP contribution in [-0.4, -0.2) is 61.8 Å². The molecule has 0 aromatic heterocycles. The second-order valence-electron chi connectivity index (χ2n) is 6.96. The minimum Gasteiger partial charge on any atom is -0.497 e. The maximum atomic E-state index is 12.7. The molecule has 0 aliphatic carbocycles. The van der Waals surface area contributed by atoms with E-state index in [0.29, 0.717) is 26.3 Å². The van der Waals surface area contributed by atoms with Gasteiger partial charge in [0.1, 0.15) is 5.75 Å². The number of hydrogen-bond acceptors (Lipinski definition) is 4. The summed E-state index contributed by atoms with van der Waals surface area (Å²) < 4.78 is 11.0. The first-order valence-corrected chi connectivity index (χ1v) is 9.33. The van der Waals surface area contributed by atoms with Gasteiger partial charge in [-0.15, -0.1) is 0 Å². The first-order chi connectivity index (χ1) is 13.2. The molecule has 2 saturated heterocycles. The van der Waals surface area contributed by atoms with Crippen molar-refractivity contribution in [2.45, 2.75) is 12.1 Å². The van der Waals surface area contributed by atoms with Crippen molar-refractivity contribution >= 4 is 11.7 Å². The number of carbonyl (C=O) groups excluding carboxylic acids is 1. The Bertz CT molecular complexity index is 766. The predicted octanol–water partition coefficient (Wildman–Crippen LogP) is 2.98. The first-order valence-electron chi connectivity index (χ1n) is 9.33. The molecule has 0 bridgehead atoms. The van der Waals surface area contributed by atoms with Gasteiger partial charge < -0.3 is 19.7 Å². The Kier molecular flexibility index (Phi) is 5.27. The Morgan fingerprint density at radius 3 is 2.59 bits per heavy atom. The molecule has 0 radical (unpaired) electrons. The fourth-order valence-electron chi connectivity index (χ4n) is 3.86. The van der Waals surface area contributed by atoms with E-state index in [-0.39, 0.29) is 18.1 Å². The second-order valence-corrected chi connectivity index (χ2v) is 6.96. The Morgan fingerprint density at radius 1 is 1.07 bits per heavy atom. The van der Waals surface area contributed by atoms with Crippen LogP contribution < -0.4 is 10.1 Å². The van der Waals surface area contributed by atoms with Crippen LogP contribution in [0, 0.1) is 0 Å². The minimum atomic E-state index is -0.0679. The van der Waals surface area contributed by atoms with Crippen LogP contribution >= 0.6 is 0 Å². The minimum absolute atomic E-state index is 0.0679. The van der Waals surface area contributed by atoms with E-state index in [4.69, 9.17) is 9.47 Å². The van der Waals surface area contributed by atoms with Crippen molar-refractivity contribution in [1.82, 2.24) is 9.80 Å². The van der Waals surface area contributed by atoms with Gasteiger partial charge in [0.15, 0.2) is 0 Å². The molecule has 6 heteroatoms. The number of piperazine rings is 1. The molecular formula is C21H25N3O3. The molecule has 2 aliphatic rings. The number of rotatable bonds is 3. The second kappa shape index (κ2) is 7.98. The molecule has 6 nitrogen and oxygen atoms in total. The lowest BCUT2D eigenvalue weighted by atomic mass is 10.0. The summed E-state index contributed by atoms with van der Waals surface area (Å²) in [7, 11) is 1.63. The number of urea groups is 1. The van der Waals surface area contributed by atoms with Gasteiger partial charge in [-0.2, -0.15) is 0 Å². The van der Waals surface area contributed by atoms with Gasteiger partial charge in [0, 0.05) is 25.3 Å². The lowest BCUT2D eigenvalue weighted by Gasteiger charge is -2.48. The van der Waals surface area contributed by atoms with Crippen LogP contribution in [0.15, 0.2) is 54.6 Å².